The highest BCUT2D eigenvalue weighted by atomic mass is 15.1. The van der Waals surface area contributed by atoms with Crippen molar-refractivity contribution in [2.24, 2.45) is 4.99 Å². The third-order valence-electron chi connectivity index (χ3n) is 13.3. The maximum atomic E-state index is 5.31. The summed E-state index contributed by atoms with van der Waals surface area (Å²) in [5, 5.41) is 0. The van der Waals surface area contributed by atoms with Gasteiger partial charge in [0.05, 0.1) is 22.4 Å². The number of hydrogen-bond acceptors (Lipinski definition) is 5. The number of rotatable bonds is 9. The fraction of sp³-hybridized carbons (Fsp3) is 0.102. The van der Waals surface area contributed by atoms with Gasteiger partial charge in [-0.25, -0.2) is 19.9 Å². The van der Waals surface area contributed by atoms with E-state index in [1.54, 1.807) is 0 Å². The van der Waals surface area contributed by atoms with Crippen molar-refractivity contribution < 1.29 is 0 Å². The van der Waals surface area contributed by atoms with Gasteiger partial charge in [-0.3, -0.25) is 9.56 Å². The van der Waals surface area contributed by atoms with E-state index in [0.717, 1.165) is 74.6 Å². The highest BCUT2D eigenvalue weighted by Gasteiger charge is 2.35. The molecule has 0 N–H and O–H groups in total. The van der Waals surface area contributed by atoms with Gasteiger partial charge in [0, 0.05) is 39.3 Å². The zero-order valence-electron chi connectivity index (χ0n) is 36.2. The van der Waals surface area contributed by atoms with Crippen molar-refractivity contribution in [3.63, 3.8) is 0 Å². The first-order valence-electron chi connectivity index (χ1n) is 22.4. The van der Waals surface area contributed by atoms with E-state index in [4.69, 9.17) is 24.9 Å². The molecule has 0 spiro atoms. The Morgan fingerprint density at radius 1 is 0.477 bits per heavy atom. The third kappa shape index (κ3) is 6.77. The summed E-state index contributed by atoms with van der Waals surface area (Å²) in [4.78, 5) is 26.4. The summed E-state index contributed by atoms with van der Waals surface area (Å²) >= 11 is 0. The van der Waals surface area contributed by atoms with Gasteiger partial charge in [0.25, 0.3) is 0 Å². The molecule has 0 fully saturated rings. The second-order valence-electron chi connectivity index (χ2n) is 17.6. The Morgan fingerprint density at radius 3 is 1.86 bits per heavy atom. The summed E-state index contributed by atoms with van der Waals surface area (Å²) in [5.41, 5.74) is 17.5. The Balaban J connectivity index is 0.991. The lowest BCUT2D eigenvalue weighted by Gasteiger charge is -2.21. The minimum absolute atomic E-state index is 0.160. The van der Waals surface area contributed by atoms with Crippen LogP contribution in [0, 0.1) is 0 Å². The standard InChI is InChI=1S/C59H44N6/c1-59(2)49-27-11-9-25-45(49)46-34-32-42(37-50(46)59)57-63-55(40-20-15-19-39(35-40)54-48(33-31-38-17-5-3-6-18-38)47-26-10-12-28-51(47)60-54)62-56(64-57)41-21-16-22-43(36-41)58-61-52-29-13-14-30-53(52)65(58)44-23-7-4-8-24-44/h3-30,32,34-37,48H,31,33H2,1-2H3. The van der Waals surface area contributed by atoms with Gasteiger partial charge in [-0.1, -0.05) is 166 Å². The monoisotopic (exact) mass is 836 g/mol. The second-order valence-corrected chi connectivity index (χ2v) is 17.6. The summed E-state index contributed by atoms with van der Waals surface area (Å²) in [7, 11) is 0. The lowest BCUT2D eigenvalue weighted by atomic mass is 9.82. The van der Waals surface area contributed by atoms with Crippen molar-refractivity contribution in [2.75, 3.05) is 0 Å². The van der Waals surface area contributed by atoms with Gasteiger partial charge in [-0.05, 0) is 100 Å². The predicted molar refractivity (Wildman–Crippen MR) is 264 cm³/mol. The van der Waals surface area contributed by atoms with E-state index in [9.17, 15) is 0 Å². The quantitative estimate of drug-likeness (QED) is 0.145. The van der Waals surface area contributed by atoms with E-state index in [0.29, 0.717) is 17.5 Å². The van der Waals surface area contributed by atoms with Crippen molar-refractivity contribution in [2.45, 2.75) is 38.0 Å². The van der Waals surface area contributed by atoms with Gasteiger partial charge >= 0.3 is 0 Å². The first kappa shape index (κ1) is 38.6. The fourth-order valence-electron chi connectivity index (χ4n) is 10.0. The van der Waals surface area contributed by atoms with Crippen LogP contribution in [0.25, 0.3) is 73.4 Å². The molecule has 10 aromatic rings. The summed E-state index contributed by atoms with van der Waals surface area (Å²) in [6.07, 6.45) is 1.92. The maximum absolute atomic E-state index is 5.31. The SMILES string of the molecule is CC1(C)c2ccccc2-c2ccc(-c3nc(-c4cccc(C5=Nc6ccccc6C5CCc5ccccc5)c4)nc(-c4cccc(-c5nc6ccccc6n5-c5ccccc5)c4)n3)cc21. The molecular formula is C59H44N6. The van der Waals surface area contributed by atoms with Crippen LogP contribution in [0.1, 0.15) is 54.0 Å². The molecule has 2 aromatic heterocycles. The molecule has 1 aliphatic heterocycles. The minimum Gasteiger partial charge on any atom is -0.292 e. The molecule has 1 atom stereocenters. The molecule has 0 radical (unpaired) electrons. The van der Waals surface area contributed by atoms with Gasteiger partial charge in [0.2, 0.25) is 0 Å². The Labute approximate surface area is 378 Å². The second kappa shape index (κ2) is 15.6. The smallest absolute Gasteiger partial charge is 0.164 e. The normalized spacial score (nSPS) is 14.5. The Hall–Kier alpha value is -8.09. The van der Waals surface area contributed by atoms with Crippen LogP contribution in [0.2, 0.25) is 0 Å². The van der Waals surface area contributed by atoms with E-state index in [2.05, 4.69) is 206 Å². The maximum Gasteiger partial charge on any atom is 0.164 e. The third-order valence-corrected chi connectivity index (χ3v) is 13.3. The average molecular weight is 837 g/mol. The largest absolute Gasteiger partial charge is 0.292 e. The molecular weight excluding hydrogens is 793 g/mol. The number of fused-ring (bicyclic) bond motifs is 5. The molecule has 3 heterocycles. The van der Waals surface area contributed by atoms with E-state index in [-0.39, 0.29) is 11.3 Å². The average Bonchev–Trinajstić information content (AvgIpc) is 4.02. The van der Waals surface area contributed by atoms with Gasteiger partial charge < -0.3 is 0 Å². The van der Waals surface area contributed by atoms with Crippen molar-refractivity contribution in [1.82, 2.24) is 24.5 Å². The number of aliphatic imine (C=N–C) groups is 1. The molecule has 1 aliphatic carbocycles. The molecule has 8 aromatic carbocycles. The lowest BCUT2D eigenvalue weighted by Crippen LogP contribution is -2.15. The fourth-order valence-corrected chi connectivity index (χ4v) is 10.0. The van der Waals surface area contributed by atoms with E-state index in [1.807, 2.05) is 12.1 Å². The highest BCUT2D eigenvalue weighted by molar-refractivity contribution is 6.10. The highest BCUT2D eigenvalue weighted by Crippen LogP contribution is 2.49. The summed E-state index contributed by atoms with van der Waals surface area (Å²) in [5.74, 6) is 2.83. The van der Waals surface area contributed by atoms with Crippen LogP contribution in [-0.4, -0.2) is 30.2 Å². The van der Waals surface area contributed by atoms with Crippen LogP contribution in [0.15, 0.2) is 205 Å². The van der Waals surface area contributed by atoms with Crippen LogP contribution in [0.4, 0.5) is 5.69 Å². The molecule has 6 nitrogen and oxygen atoms in total. The van der Waals surface area contributed by atoms with Crippen LogP contribution in [-0.2, 0) is 11.8 Å². The molecule has 1 unspecified atom stereocenters. The van der Waals surface area contributed by atoms with Crippen LogP contribution >= 0.6 is 0 Å². The molecule has 0 saturated carbocycles. The Kier molecular flexibility index (Phi) is 9.27. The number of hydrogen-bond donors (Lipinski definition) is 0. The van der Waals surface area contributed by atoms with Gasteiger partial charge in [0.1, 0.15) is 5.82 Å². The molecule has 2 aliphatic rings. The van der Waals surface area contributed by atoms with Crippen LogP contribution in [0.3, 0.4) is 0 Å². The first-order chi connectivity index (χ1) is 32.0. The first-order valence-corrected chi connectivity index (χ1v) is 22.4. The molecule has 0 amide bonds. The summed E-state index contributed by atoms with van der Waals surface area (Å²) in [6.45, 7) is 4.62. The molecule has 12 rings (SSSR count). The number of aryl methyl sites for hydroxylation is 1. The van der Waals surface area contributed by atoms with Gasteiger partial charge in [-0.2, -0.15) is 0 Å². The molecule has 6 heteroatoms. The zero-order chi connectivity index (χ0) is 43.5. The van der Waals surface area contributed by atoms with E-state index < -0.39 is 0 Å². The summed E-state index contributed by atoms with van der Waals surface area (Å²) in [6, 6.07) is 70.5. The molecule has 0 saturated heterocycles. The molecule has 0 bridgehead atoms. The molecule has 65 heavy (non-hydrogen) atoms. The van der Waals surface area contributed by atoms with E-state index >= 15 is 0 Å². The number of benzene rings is 8. The minimum atomic E-state index is -0.176. The van der Waals surface area contributed by atoms with Crippen molar-refractivity contribution >= 4 is 22.4 Å². The number of aromatic nitrogens is 5. The zero-order valence-corrected chi connectivity index (χ0v) is 36.2. The van der Waals surface area contributed by atoms with Gasteiger partial charge in [0.15, 0.2) is 17.5 Å². The Bertz CT molecular complexity index is 3480. The van der Waals surface area contributed by atoms with Crippen molar-refractivity contribution in [1.29, 1.82) is 0 Å². The van der Waals surface area contributed by atoms with Crippen molar-refractivity contribution in [3.8, 4) is 62.4 Å². The Morgan fingerprint density at radius 2 is 1.08 bits per heavy atom. The van der Waals surface area contributed by atoms with E-state index in [1.165, 1.54) is 33.4 Å². The van der Waals surface area contributed by atoms with Crippen LogP contribution in [0.5, 0.6) is 0 Å². The summed E-state index contributed by atoms with van der Waals surface area (Å²) < 4.78 is 2.23. The number of para-hydroxylation sites is 4. The number of nitrogens with zero attached hydrogens (tertiary/aromatic N) is 6. The predicted octanol–water partition coefficient (Wildman–Crippen LogP) is 14.0. The molecule has 310 valence electrons. The van der Waals surface area contributed by atoms with Crippen LogP contribution < -0.4 is 0 Å². The van der Waals surface area contributed by atoms with Crippen molar-refractivity contribution in [3.05, 3.63) is 228 Å². The topological polar surface area (TPSA) is 68.8 Å². The van der Waals surface area contributed by atoms with Gasteiger partial charge in [-0.15, -0.1) is 0 Å². The number of imidazole rings is 1. The lowest BCUT2D eigenvalue weighted by molar-refractivity contribution is 0.660.